The van der Waals surface area contributed by atoms with Crippen molar-refractivity contribution in [3.63, 3.8) is 0 Å². The molecule has 1 amide bonds. The maximum atomic E-state index is 13.7. The standard InChI is InChI=1S/C29H30Cl4N4O3/c1-17-13-23(31)27(24(32)14-17)40-12-11-39-21-9-5-18(6-10-21)15-25(36-29(34)35)28(38)37(20-7-8-20)16-19-3-2-4-22(30)26(19)33/h2-6,9-10,13-14,20,25H,7-8,11-12,15-16H2,1H3,(H4,34,35,36). The molecule has 1 fully saturated rings. The first-order valence-corrected chi connectivity index (χ1v) is 14.3. The molecular weight excluding hydrogens is 594 g/mol. The van der Waals surface area contributed by atoms with Gasteiger partial charge in [0.2, 0.25) is 5.91 Å². The van der Waals surface area contributed by atoms with Gasteiger partial charge in [0.05, 0.1) is 20.1 Å². The van der Waals surface area contributed by atoms with Gasteiger partial charge in [-0.25, -0.2) is 4.99 Å². The van der Waals surface area contributed by atoms with E-state index in [1.165, 1.54) is 0 Å². The molecule has 1 unspecified atom stereocenters. The molecule has 212 valence electrons. The third-order valence-electron chi connectivity index (χ3n) is 6.33. The number of benzene rings is 3. The highest BCUT2D eigenvalue weighted by molar-refractivity contribution is 6.42. The number of nitrogens with zero attached hydrogens (tertiary/aromatic N) is 2. The van der Waals surface area contributed by atoms with Crippen LogP contribution < -0.4 is 20.9 Å². The topological polar surface area (TPSA) is 103 Å². The van der Waals surface area contributed by atoms with Crippen LogP contribution in [0.3, 0.4) is 0 Å². The third kappa shape index (κ3) is 8.10. The van der Waals surface area contributed by atoms with Crippen LogP contribution in [0.1, 0.15) is 29.5 Å². The molecule has 0 heterocycles. The fraction of sp³-hybridized carbons (Fsp3) is 0.310. The molecule has 0 aliphatic heterocycles. The van der Waals surface area contributed by atoms with Crippen LogP contribution in [0.15, 0.2) is 59.6 Å². The van der Waals surface area contributed by atoms with Crippen molar-refractivity contribution < 1.29 is 14.3 Å². The summed E-state index contributed by atoms with van der Waals surface area (Å²) in [6.45, 7) is 2.79. The molecule has 0 bridgehead atoms. The van der Waals surface area contributed by atoms with Crippen molar-refractivity contribution in [1.29, 1.82) is 0 Å². The van der Waals surface area contributed by atoms with Crippen LogP contribution in [0.25, 0.3) is 0 Å². The number of nitrogens with two attached hydrogens (primary N) is 2. The van der Waals surface area contributed by atoms with Crippen molar-refractivity contribution in [2.75, 3.05) is 13.2 Å². The van der Waals surface area contributed by atoms with Crippen LogP contribution in [0.5, 0.6) is 11.5 Å². The van der Waals surface area contributed by atoms with Gasteiger partial charge in [0.15, 0.2) is 11.7 Å². The molecule has 4 N–H and O–H groups in total. The lowest BCUT2D eigenvalue weighted by atomic mass is 10.0. The minimum absolute atomic E-state index is 0.113. The van der Waals surface area contributed by atoms with E-state index < -0.39 is 6.04 Å². The van der Waals surface area contributed by atoms with Crippen LogP contribution in [0.4, 0.5) is 0 Å². The van der Waals surface area contributed by atoms with E-state index in [0.717, 1.165) is 29.5 Å². The highest BCUT2D eigenvalue weighted by Gasteiger charge is 2.36. The van der Waals surface area contributed by atoms with Gasteiger partial charge in [-0.05, 0) is 66.8 Å². The van der Waals surface area contributed by atoms with Gasteiger partial charge < -0.3 is 25.8 Å². The summed E-state index contributed by atoms with van der Waals surface area (Å²) in [6.07, 6.45) is 2.14. The Morgan fingerprint density at radius 3 is 2.25 bits per heavy atom. The minimum Gasteiger partial charge on any atom is -0.490 e. The molecular formula is C29H30Cl4N4O3. The Bertz CT molecular complexity index is 1350. The van der Waals surface area contributed by atoms with Crippen molar-refractivity contribution in [2.24, 2.45) is 16.5 Å². The first-order valence-electron chi connectivity index (χ1n) is 12.7. The number of rotatable bonds is 12. The Hall–Kier alpha value is -2.84. The van der Waals surface area contributed by atoms with Crippen LogP contribution in [0.2, 0.25) is 20.1 Å². The lowest BCUT2D eigenvalue weighted by Gasteiger charge is -2.26. The number of guanidine groups is 1. The van der Waals surface area contributed by atoms with Gasteiger partial charge in [0.1, 0.15) is 25.0 Å². The van der Waals surface area contributed by atoms with Crippen molar-refractivity contribution in [3.05, 3.63) is 91.4 Å². The summed E-state index contributed by atoms with van der Waals surface area (Å²) in [5, 5.41) is 1.79. The Morgan fingerprint density at radius 2 is 1.62 bits per heavy atom. The number of carbonyl (C=O) groups excluding carboxylic acids is 1. The third-order valence-corrected chi connectivity index (χ3v) is 7.75. The second-order valence-corrected chi connectivity index (χ2v) is 11.2. The lowest BCUT2D eigenvalue weighted by Crippen LogP contribution is -2.42. The highest BCUT2D eigenvalue weighted by Crippen LogP contribution is 2.35. The van der Waals surface area contributed by atoms with E-state index >= 15 is 0 Å². The zero-order valence-electron chi connectivity index (χ0n) is 21.9. The summed E-state index contributed by atoms with van der Waals surface area (Å²) < 4.78 is 11.5. The number of ether oxygens (including phenoxy) is 2. The normalized spacial score (nSPS) is 13.4. The molecule has 1 atom stereocenters. The second kappa shape index (κ2) is 13.7. The van der Waals surface area contributed by atoms with Gasteiger partial charge in [-0.3, -0.25) is 4.79 Å². The molecule has 0 radical (unpaired) electrons. The number of hydrogen-bond acceptors (Lipinski definition) is 4. The number of halogens is 4. The Morgan fingerprint density at radius 1 is 0.975 bits per heavy atom. The Balaban J connectivity index is 1.37. The molecule has 4 rings (SSSR count). The van der Waals surface area contributed by atoms with Crippen LogP contribution >= 0.6 is 46.4 Å². The van der Waals surface area contributed by atoms with E-state index in [4.69, 9.17) is 67.3 Å². The maximum Gasteiger partial charge on any atom is 0.248 e. The molecule has 40 heavy (non-hydrogen) atoms. The summed E-state index contributed by atoms with van der Waals surface area (Å²) >= 11 is 25.0. The maximum absolute atomic E-state index is 13.7. The molecule has 3 aromatic rings. The van der Waals surface area contributed by atoms with Crippen LogP contribution in [-0.4, -0.2) is 42.1 Å². The van der Waals surface area contributed by atoms with Crippen molar-refractivity contribution in [3.8, 4) is 11.5 Å². The minimum atomic E-state index is -0.785. The number of amides is 1. The predicted octanol–water partition coefficient (Wildman–Crippen LogP) is 6.44. The van der Waals surface area contributed by atoms with Gasteiger partial charge in [-0.15, -0.1) is 0 Å². The largest absolute Gasteiger partial charge is 0.490 e. The molecule has 11 heteroatoms. The molecule has 0 aromatic heterocycles. The van der Waals surface area contributed by atoms with E-state index in [1.54, 1.807) is 23.1 Å². The quantitative estimate of drug-likeness (QED) is 0.137. The second-order valence-electron chi connectivity index (χ2n) is 9.58. The molecule has 3 aromatic carbocycles. The zero-order chi connectivity index (χ0) is 28.8. The SMILES string of the molecule is Cc1cc(Cl)c(OCCOc2ccc(CC(N=C(N)N)C(=O)N(Cc3cccc(Cl)c3Cl)C3CC3)cc2)c(Cl)c1. The van der Waals surface area contributed by atoms with Crippen molar-refractivity contribution in [1.82, 2.24) is 4.90 Å². The average molecular weight is 624 g/mol. The first-order chi connectivity index (χ1) is 19.1. The predicted molar refractivity (Wildman–Crippen MR) is 162 cm³/mol. The van der Waals surface area contributed by atoms with Crippen LogP contribution in [-0.2, 0) is 17.8 Å². The molecule has 7 nitrogen and oxygen atoms in total. The Labute approximate surface area is 253 Å². The number of aryl methyl sites for hydroxylation is 1. The molecule has 0 saturated heterocycles. The first kappa shape index (κ1) is 30.1. The number of carbonyl (C=O) groups is 1. The summed E-state index contributed by atoms with van der Waals surface area (Å²) in [4.78, 5) is 19.7. The van der Waals surface area contributed by atoms with E-state index in [0.29, 0.717) is 44.6 Å². The van der Waals surface area contributed by atoms with Gasteiger partial charge in [0, 0.05) is 19.0 Å². The smallest absolute Gasteiger partial charge is 0.248 e. The fourth-order valence-corrected chi connectivity index (χ4v) is 5.34. The van der Waals surface area contributed by atoms with Gasteiger partial charge in [-0.1, -0.05) is 70.7 Å². The number of aliphatic imine (C=N–C) groups is 1. The fourth-order valence-electron chi connectivity index (χ4n) is 4.26. The summed E-state index contributed by atoms with van der Waals surface area (Å²) in [7, 11) is 0. The zero-order valence-corrected chi connectivity index (χ0v) is 24.9. The van der Waals surface area contributed by atoms with Crippen LogP contribution in [0, 0.1) is 6.92 Å². The summed E-state index contributed by atoms with van der Waals surface area (Å²) in [5.41, 5.74) is 14.0. The monoisotopic (exact) mass is 622 g/mol. The van der Waals surface area contributed by atoms with Gasteiger partial charge in [-0.2, -0.15) is 0 Å². The Kier molecular flexibility index (Phi) is 10.3. The van der Waals surface area contributed by atoms with E-state index in [1.807, 2.05) is 43.3 Å². The van der Waals surface area contributed by atoms with E-state index in [-0.39, 0.29) is 31.1 Å². The molecule has 1 aliphatic carbocycles. The summed E-state index contributed by atoms with van der Waals surface area (Å²) in [5.74, 6) is 0.760. The molecule has 1 saturated carbocycles. The highest BCUT2D eigenvalue weighted by atomic mass is 35.5. The van der Waals surface area contributed by atoms with Crippen molar-refractivity contribution in [2.45, 2.75) is 44.8 Å². The molecule has 0 spiro atoms. The van der Waals surface area contributed by atoms with E-state index in [2.05, 4.69) is 4.99 Å². The van der Waals surface area contributed by atoms with Gasteiger partial charge >= 0.3 is 0 Å². The average Bonchev–Trinajstić information content (AvgIpc) is 3.74. The summed E-state index contributed by atoms with van der Waals surface area (Å²) in [6, 6.07) is 15.7. The molecule has 1 aliphatic rings. The lowest BCUT2D eigenvalue weighted by molar-refractivity contribution is -0.133. The van der Waals surface area contributed by atoms with Crippen molar-refractivity contribution >= 4 is 58.3 Å². The van der Waals surface area contributed by atoms with E-state index in [9.17, 15) is 4.79 Å². The number of hydrogen-bond donors (Lipinski definition) is 2. The van der Waals surface area contributed by atoms with Gasteiger partial charge in [0.25, 0.3) is 0 Å².